The number of ether oxygens (including phenoxy) is 1. The standard InChI is InChI=1S/C10H15N3O3S/c1-3-16-9(14)5-12-10(15)11-4-8-6-17-7(2)13-8/h6H,3-5H2,1-2H3,(H2,11,12,15). The highest BCUT2D eigenvalue weighted by molar-refractivity contribution is 7.09. The smallest absolute Gasteiger partial charge is 0.325 e. The summed E-state index contributed by atoms with van der Waals surface area (Å²) in [5.41, 5.74) is 0.804. The first-order valence-corrected chi connectivity index (χ1v) is 6.08. The third-order valence-corrected chi connectivity index (χ3v) is 2.62. The second kappa shape index (κ2) is 6.85. The summed E-state index contributed by atoms with van der Waals surface area (Å²) in [4.78, 5) is 26.4. The topological polar surface area (TPSA) is 80.3 Å². The van der Waals surface area contributed by atoms with E-state index in [1.807, 2.05) is 12.3 Å². The van der Waals surface area contributed by atoms with E-state index in [1.165, 1.54) is 11.3 Å². The van der Waals surface area contributed by atoms with Crippen molar-refractivity contribution >= 4 is 23.3 Å². The van der Waals surface area contributed by atoms with Crippen LogP contribution in [0.3, 0.4) is 0 Å². The van der Waals surface area contributed by atoms with Crippen LogP contribution in [0.25, 0.3) is 0 Å². The van der Waals surface area contributed by atoms with Crippen LogP contribution in [0, 0.1) is 6.92 Å². The van der Waals surface area contributed by atoms with Gasteiger partial charge in [0.1, 0.15) is 6.54 Å². The van der Waals surface area contributed by atoms with Crippen LogP contribution in [0.2, 0.25) is 0 Å². The Balaban J connectivity index is 2.19. The summed E-state index contributed by atoms with van der Waals surface area (Å²) in [7, 11) is 0. The molecular formula is C10H15N3O3S. The normalized spacial score (nSPS) is 9.76. The molecule has 94 valence electrons. The van der Waals surface area contributed by atoms with Gasteiger partial charge >= 0.3 is 12.0 Å². The van der Waals surface area contributed by atoms with Crippen molar-refractivity contribution in [3.63, 3.8) is 0 Å². The molecule has 1 aromatic rings. The molecule has 0 aliphatic carbocycles. The van der Waals surface area contributed by atoms with Crippen LogP contribution in [0.5, 0.6) is 0 Å². The molecule has 0 atom stereocenters. The molecule has 7 heteroatoms. The quantitative estimate of drug-likeness (QED) is 0.765. The molecule has 0 aliphatic heterocycles. The monoisotopic (exact) mass is 257 g/mol. The van der Waals surface area contributed by atoms with Crippen LogP contribution < -0.4 is 10.6 Å². The van der Waals surface area contributed by atoms with E-state index in [1.54, 1.807) is 6.92 Å². The van der Waals surface area contributed by atoms with Gasteiger partial charge in [0, 0.05) is 5.38 Å². The molecule has 2 N–H and O–H groups in total. The maximum atomic E-state index is 11.3. The van der Waals surface area contributed by atoms with Crippen molar-refractivity contribution in [3.05, 3.63) is 16.1 Å². The van der Waals surface area contributed by atoms with Gasteiger partial charge in [-0.2, -0.15) is 0 Å². The molecule has 0 spiro atoms. The zero-order valence-corrected chi connectivity index (χ0v) is 10.6. The molecule has 1 heterocycles. The van der Waals surface area contributed by atoms with E-state index < -0.39 is 12.0 Å². The lowest BCUT2D eigenvalue weighted by molar-refractivity contribution is -0.141. The first-order chi connectivity index (χ1) is 8.11. The molecule has 0 aliphatic rings. The summed E-state index contributed by atoms with van der Waals surface area (Å²) in [6.45, 7) is 4.13. The number of hydrogen-bond acceptors (Lipinski definition) is 5. The molecule has 0 aromatic carbocycles. The third-order valence-electron chi connectivity index (χ3n) is 1.80. The number of urea groups is 1. The molecule has 0 fully saturated rings. The third kappa shape index (κ3) is 5.30. The van der Waals surface area contributed by atoms with E-state index in [2.05, 4.69) is 20.4 Å². The van der Waals surface area contributed by atoms with E-state index >= 15 is 0 Å². The Morgan fingerprint density at radius 2 is 2.24 bits per heavy atom. The summed E-state index contributed by atoms with van der Waals surface area (Å²) in [5.74, 6) is -0.452. The van der Waals surface area contributed by atoms with Crippen LogP contribution in [0.1, 0.15) is 17.6 Å². The van der Waals surface area contributed by atoms with Crippen LogP contribution in [-0.2, 0) is 16.1 Å². The minimum Gasteiger partial charge on any atom is -0.465 e. The molecule has 0 unspecified atom stereocenters. The van der Waals surface area contributed by atoms with Gasteiger partial charge in [0.05, 0.1) is 23.9 Å². The second-order valence-corrected chi connectivity index (χ2v) is 4.26. The zero-order valence-electron chi connectivity index (χ0n) is 9.78. The largest absolute Gasteiger partial charge is 0.465 e. The molecule has 2 amide bonds. The molecule has 0 radical (unpaired) electrons. The SMILES string of the molecule is CCOC(=O)CNC(=O)NCc1csc(C)n1. The molecule has 1 aromatic heterocycles. The van der Waals surface area contributed by atoms with Gasteiger partial charge in [-0.05, 0) is 13.8 Å². The Morgan fingerprint density at radius 3 is 2.82 bits per heavy atom. The van der Waals surface area contributed by atoms with Gasteiger partial charge in [0.15, 0.2) is 0 Å². The van der Waals surface area contributed by atoms with Crippen molar-refractivity contribution < 1.29 is 14.3 Å². The fourth-order valence-electron chi connectivity index (χ4n) is 1.09. The van der Waals surface area contributed by atoms with Crippen molar-refractivity contribution in [2.24, 2.45) is 0 Å². The Labute approximate surface area is 103 Å². The number of carbonyl (C=O) groups excluding carboxylic acids is 2. The van der Waals surface area contributed by atoms with Gasteiger partial charge < -0.3 is 15.4 Å². The number of nitrogens with zero attached hydrogens (tertiary/aromatic N) is 1. The van der Waals surface area contributed by atoms with Crippen molar-refractivity contribution in [1.29, 1.82) is 0 Å². The number of nitrogens with one attached hydrogen (secondary N) is 2. The lowest BCUT2D eigenvalue weighted by atomic mass is 10.5. The number of amides is 2. The van der Waals surface area contributed by atoms with Gasteiger partial charge in [-0.3, -0.25) is 4.79 Å². The molecule has 1 rings (SSSR count). The number of thiazole rings is 1. The van der Waals surface area contributed by atoms with Gasteiger partial charge in [0.25, 0.3) is 0 Å². The second-order valence-electron chi connectivity index (χ2n) is 3.20. The van der Waals surface area contributed by atoms with E-state index in [0.29, 0.717) is 13.2 Å². The first-order valence-electron chi connectivity index (χ1n) is 5.20. The Kier molecular flexibility index (Phi) is 5.41. The maximum Gasteiger partial charge on any atom is 0.325 e. The van der Waals surface area contributed by atoms with Crippen molar-refractivity contribution in [3.8, 4) is 0 Å². The van der Waals surface area contributed by atoms with Crippen molar-refractivity contribution in [2.75, 3.05) is 13.2 Å². The molecule has 0 saturated heterocycles. The van der Waals surface area contributed by atoms with Crippen molar-refractivity contribution in [2.45, 2.75) is 20.4 Å². The lowest BCUT2D eigenvalue weighted by Crippen LogP contribution is -2.38. The zero-order chi connectivity index (χ0) is 12.7. The Morgan fingerprint density at radius 1 is 1.47 bits per heavy atom. The van der Waals surface area contributed by atoms with Crippen LogP contribution in [0.15, 0.2) is 5.38 Å². The minimum atomic E-state index is -0.452. The number of esters is 1. The fraction of sp³-hybridized carbons (Fsp3) is 0.500. The maximum absolute atomic E-state index is 11.3. The summed E-state index contributed by atoms with van der Waals surface area (Å²) >= 11 is 1.52. The Bertz CT molecular complexity index is 392. The highest BCUT2D eigenvalue weighted by Gasteiger charge is 2.06. The molecule has 17 heavy (non-hydrogen) atoms. The van der Waals surface area contributed by atoms with Crippen molar-refractivity contribution in [1.82, 2.24) is 15.6 Å². The van der Waals surface area contributed by atoms with Gasteiger partial charge in [-0.15, -0.1) is 11.3 Å². The molecule has 6 nitrogen and oxygen atoms in total. The molecular weight excluding hydrogens is 242 g/mol. The number of carbonyl (C=O) groups is 2. The van der Waals surface area contributed by atoms with Crippen LogP contribution in [-0.4, -0.2) is 30.1 Å². The minimum absolute atomic E-state index is 0.129. The van der Waals surface area contributed by atoms with E-state index in [0.717, 1.165) is 10.7 Å². The van der Waals surface area contributed by atoms with E-state index in [9.17, 15) is 9.59 Å². The number of aromatic nitrogens is 1. The van der Waals surface area contributed by atoms with E-state index in [4.69, 9.17) is 0 Å². The molecule has 0 bridgehead atoms. The van der Waals surface area contributed by atoms with Crippen LogP contribution in [0.4, 0.5) is 4.79 Å². The average molecular weight is 257 g/mol. The van der Waals surface area contributed by atoms with Gasteiger partial charge in [-0.25, -0.2) is 9.78 Å². The predicted octanol–water partition coefficient (Wildman–Crippen LogP) is 0.814. The Hall–Kier alpha value is -1.63. The number of rotatable bonds is 5. The first kappa shape index (κ1) is 13.4. The summed E-state index contributed by atoms with van der Waals surface area (Å²) in [6, 6.07) is -0.413. The summed E-state index contributed by atoms with van der Waals surface area (Å²) in [6.07, 6.45) is 0. The summed E-state index contributed by atoms with van der Waals surface area (Å²) < 4.78 is 4.67. The average Bonchev–Trinajstić information content (AvgIpc) is 2.70. The van der Waals surface area contributed by atoms with Gasteiger partial charge in [-0.1, -0.05) is 0 Å². The number of aryl methyl sites for hydroxylation is 1. The molecule has 0 saturated carbocycles. The number of hydrogen-bond donors (Lipinski definition) is 2. The highest BCUT2D eigenvalue weighted by atomic mass is 32.1. The van der Waals surface area contributed by atoms with E-state index in [-0.39, 0.29) is 6.54 Å². The lowest BCUT2D eigenvalue weighted by Gasteiger charge is -2.05. The highest BCUT2D eigenvalue weighted by Crippen LogP contribution is 2.06. The summed E-state index contributed by atoms with van der Waals surface area (Å²) in [5, 5.41) is 7.82. The fourth-order valence-corrected chi connectivity index (χ4v) is 1.70. The predicted molar refractivity (Wildman–Crippen MR) is 63.7 cm³/mol. The van der Waals surface area contributed by atoms with Gasteiger partial charge in [0.2, 0.25) is 0 Å². The van der Waals surface area contributed by atoms with Crippen LogP contribution >= 0.6 is 11.3 Å².